The number of rotatable bonds is 9. The van der Waals surface area contributed by atoms with Crippen molar-refractivity contribution in [1.29, 1.82) is 0 Å². The van der Waals surface area contributed by atoms with Crippen molar-refractivity contribution in [3.05, 3.63) is 30.3 Å². The number of hydrogen-bond acceptors (Lipinski definition) is 3. The Labute approximate surface area is 127 Å². The Morgan fingerprint density at radius 2 is 2.05 bits per heavy atom. The fourth-order valence-corrected chi connectivity index (χ4v) is 2.93. The summed E-state index contributed by atoms with van der Waals surface area (Å²) in [5, 5.41) is 12.9. The molecule has 1 aliphatic rings. The number of carbonyl (C=O) groups is 1. The van der Waals surface area contributed by atoms with Crippen LogP contribution in [-0.4, -0.2) is 36.8 Å². The lowest BCUT2D eigenvalue weighted by atomic mass is 9.92. The zero-order valence-corrected chi connectivity index (χ0v) is 13.0. The van der Waals surface area contributed by atoms with Gasteiger partial charge in [-0.05, 0) is 44.4 Å². The average Bonchev–Trinajstić information content (AvgIpc) is 3.33. The van der Waals surface area contributed by atoms with E-state index in [1.165, 1.54) is 0 Å². The molecule has 21 heavy (non-hydrogen) atoms. The Balaban J connectivity index is 2.22. The first-order chi connectivity index (χ1) is 10.1. The molecule has 4 heteroatoms. The summed E-state index contributed by atoms with van der Waals surface area (Å²) in [6.45, 7) is 3.57. The van der Waals surface area contributed by atoms with Crippen molar-refractivity contribution in [2.45, 2.75) is 38.1 Å². The number of benzene rings is 1. The van der Waals surface area contributed by atoms with Gasteiger partial charge in [0.15, 0.2) is 0 Å². The van der Waals surface area contributed by atoms with E-state index in [9.17, 15) is 9.90 Å². The van der Waals surface area contributed by atoms with Crippen molar-refractivity contribution in [2.24, 2.45) is 5.92 Å². The molecule has 0 spiro atoms. The first kappa shape index (κ1) is 15.8. The molecule has 0 bridgehead atoms. The highest BCUT2D eigenvalue weighted by Crippen LogP contribution is 2.40. The summed E-state index contributed by atoms with van der Waals surface area (Å²) < 4.78 is 0. The molecular weight excluding hydrogens is 264 g/mol. The Kier molecular flexibility index (Phi) is 5.23. The predicted octanol–water partition coefficient (Wildman–Crippen LogP) is 2.75. The van der Waals surface area contributed by atoms with Crippen molar-refractivity contribution >= 4 is 11.7 Å². The lowest BCUT2D eigenvalue weighted by molar-refractivity contribution is -0.145. The van der Waals surface area contributed by atoms with Gasteiger partial charge >= 0.3 is 5.97 Å². The maximum atomic E-state index is 11.9. The molecule has 0 aliphatic heterocycles. The van der Waals surface area contributed by atoms with Crippen LogP contribution in [0.5, 0.6) is 0 Å². The molecule has 1 fully saturated rings. The van der Waals surface area contributed by atoms with Crippen LogP contribution >= 0.6 is 0 Å². The van der Waals surface area contributed by atoms with E-state index in [-0.39, 0.29) is 5.92 Å². The van der Waals surface area contributed by atoms with E-state index in [0.29, 0.717) is 6.54 Å². The van der Waals surface area contributed by atoms with Gasteiger partial charge in [-0.2, -0.15) is 0 Å². The minimum absolute atomic E-state index is 0.243. The van der Waals surface area contributed by atoms with Gasteiger partial charge in [-0.15, -0.1) is 0 Å². The molecule has 0 saturated heterocycles. The standard InChI is InChI=1S/C17H26N2O2/c1-3-4-12-19(15-8-6-5-7-9-15)13-17(18-2,16(20)21)14-10-11-14/h5-9,14,18H,3-4,10-13H2,1-2H3,(H,20,21). The lowest BCUT2D eigenvalue weighted by Gasteiger charge is -2.36. The predicted molar refractivity (Wildman–Crippen MR) is 85.7 cm³/mol. The molecule has 1 aromatic carbocycles. The summed E-state index contributed by atoms with van der Waals surface area (Å²) in [6, 6.07) is 10.1. The quantitative estimate of drug-likeness (QED) is 0.734. The maximum absolute atomic E-state index is 11.9. The van der Waals surface area contributed by atoms with E-state index < -0.39 is 11.5 Å². The van der Waals surface area contributed by atoms with Crippen LogP contribution in [0.2, 0.25) is 0 Å². The summed E-state index contributed by atoms with van der Waals surface area (Å²) in [6.07, 6.45) is 4.18. The van der Waals surface area contributed by atoms with Gasteiger partial charge in [0, 0.05) is 18.8 Å². The third kappa shape index (κ3) is 3.56. The highest BCUT2D eigenvalue weighted by Gasteiger charge is 2.51. The van der Waals surface area contributed by atoms with E-state index in [4.69, 9.17) is 0 Å². The van der Waals surface area contributed by atoms with Crippen molar-refractivity contribution in [1.82, 2.24) is 5.32 Å². The summed E-state index contributed by atoms with van der Waals surface area (Å²) in [5.41, 5.74) is 0.274. The number of unbranched alkanes of at least 4 members (excludes halogenated alkanes) is 1. The summed E-state index contributed by atoms with van der Waals surface area (Å²) in [5.74, 6) is -0.488. The number of aliphatic carboxylic acids is 1. The zero-order valence-electron chi connectivity index (χ0n) is 13.0. The molecule has 1 aromatic rings. The van der Waals surface area contributed by atoms with E-state index in [1.54, 1.807) is 7.05 Å². The zero-order chi connectivity index (χ0) is 15.3. The smallest absolute Gasteiger partial charge is 0.326 e. The largest absolute Gasteiger partial charge is 0.480 e. The molecule has 0 radical (unpaired) electrons. The van der Waals surface area contributed by atoms with Crippen molar-refractivity contribution in [2.75, 3.05) is 25.0 Å². The Bertz CT molecular complexity index is 459. The second-order valence-electron chi connectivity index (χ2n) is 5.91. The Morgan fingerprint density at radius 3 is 2.52 bits per heavy atom. The summed E-state index contributed by atoms with van der Waals surface area (Å²) >= 11 is 0. The van der Waals surface area contributed by atoms with E-state index >= 15 is 0 Å². The molecule has 1 aliphatic carbocycles. The maximum Gasteiger partial charge on any atom is 0.326 e. The van der Waals surface area contributed by atoms with Crippen LogP contribution in [0.25, 0.3) is 0 Å². The van der Waals surface area contributed by atoms with Gasteiger partial charge in [0.1, 0.15) is 5.54 Å². The van der Waals surface area contributed by atoms with E-state index in [2.05, 4.69) is 29.3 Å². The van der Waals surface area contributed by atoms with Crippen LogP contribution in [0.4, 0.5) is 5.69 Å². The molecule has 4 nitrogen and oxygen atoms in total. The normalized spacial score (nSPS) is 17.2. The number of carboxylic acid groups (broad SMARTS) is 1. The third-order valence-electron chi connectivity index (χ3n) is 4.45. The Hall–Kier alpha value is -1.55. The fraction of sp³-hybridized carbons (Fsp3) is 0.588. The molecule has 1 saturated carbocycles. The van der Waals surface area contributed by atoms with E-state index in [0.717, 1.165) is 37.9 Å². The molecule has 0 heterocycles. The minimum atomic E-state index is -0.830. The minimum Gasteiger partial charge on any atom is -0.480 e. The molecule has 116 valence electrons. The summed E-state index contributed by atoms with van der Waals surface area (Å²) in [4.78, 5) is 14.1. The number of carboxylic acids is 1. The molecule has 1 atom stereocenters. The van der Waals surface area contributed by atoms with Crippen molar-refractivity contribution in [3.63, 3.8) is 0 Å². The SMILES string of the molecule is CCCCN(CC(NC)(C(=O)O)C1CC1)c1ccccc1. The second kappa shape index (κ2) is 6.94. The van der Waals surface area contributed by atoms with Crippen LogP contribution in [0, 0.1) is 5.92 Å². The number of likely N-dealkylation sites (N-methyl/N-ethyl adjacent to an activating group) is 1. The van der Waals surface area contributed by atoms with Crippen LogP contribution < -0.4 is 10.2 Å². The average molecular weight is 290 g/mol. The number of hydrogen-bond donors (Lipinski definition) is 2. The van der Waals surface area contributed by atoms with Crippen molar-refractivity contribution < 1.29 is 9.90 Å². The van der Waals surface area contributed by atoms with Gasteiger partial charge in [-0.3, -0.25) is 4.79 Å². The molecular formula is C17H26N2O2. The Morgan fingerprint density at radius 1 is 1.38 bits per heavy atom. The lowest BCUT2D eigenvalue weighted by Crippen LogP contribution is -2.59. The van der Waals surface area contributed by atoms with Gasteiger partial charge in [0.05, 0.1) is 0 Å². The van der Waals surface area contributed by atoms with Crippen LogP contribution in [0.15, 0.2) is 30.3 Å². The van der Waals surface area contributed by atoms with Gasteiger partial charge in [-0.25, -0.2) is 0 Å². The van der Waals surface area contributed by atoms with Gasteiger partial charge < -0.3 is 15.3 Å². The van der Waals surface area contributed by atoms with E-state index in [1.807, 2.05) is 18.2 Å². The highest BCUT2D eigenvalue weighted by atomic mass is 16.4. The molecule has 0 amide bonds. The first-order valence-electron chi connectivity index (χ1n) is 7.86. The number of para-hydroxylation sites is 1. The van der Waals surface area contributed by atoms with Crippen LogP contribution in [-0.2, 0) is 4.79 Å². The molecule has 2 N–H and O–H groups in total. The molecule has 2 rings (SSSR count). The van der Waals surface area contributed by atoms with Gasteiger partial charge in [0.25, 0.3) is 0 Å². The third-order valence-corrected chi connectivity index (χ3v) is 4.45. The number of anilines is 1. The summed E-state index contributed by atoms with van der Waals surface area (Å²) in [7, 11) is 1.77. The highest BCUT2D eigenvalue weighted by molar-refractivity contribution is 5.81. The molecule has 1 unspecified atom stereocenters. The van der Waals surface area contributed by atoms with Gasteiger partial charge in [0.2, 0.25) is 0 Å². The topological polar surface area (TPSA) is 52.6 Å². The van der Waals surface area contributed by atoms with Crippen LogP contribution in [0.3, 0.4) is 0 Å². The fourth-order valence-electron chi connectivity index (χ4n) is 2.93. The van der Waals surface area contributed by atoms with Crippen LogP contribution in [0.1, 0.15) is 32.6 Å². The van der Waals surface area contributed by atoms with Gasteiger partial charge in [-0.1, -0.05) is 31.5 Å². The number of nitrogens with zero attached hydrogens (tertiary/aromatic N) is 1. The first-order valence-corrected chi connectivity index (χ1v) is 7.86. The second-order valence-corrected chi connectivity index (χ2v) is 5.91. The van der Waals surface area contributed by atoms with Crippen molar-refractivity contribution in [3.8, 4) is 0 Å². The monoisotopic (exact) mass is 290 g/mol. The molecule has 0 aromatic heterocycles. The number of nitrogens with one attached hydrogen (secondary N) is 1.